The minimum atomic E-state index is 0.395. The second-order valence-electron chi connectivity index (χ2n) is 3.90. The Balaban J connectivity index is 1.98. The fourth-order valence-electron chi connectivity index (χ4n) is 1.64. The molecule has 0 amide bonds. The smallest absolute Gasteiger partial charge is 0.0518 e. The third kappa shape index (κ3) is 4.07. The minimum Gasteiger partial charge on any atom is -0.379 e. The van der Waals surface area contributed by atoms with Gasteiger partial charge in [-0.05, 0) is 52.1 Å². The number of ether oxygens (including phenoxy) is 1. The van der Waals surface area contributed by atoms with Crippen molar-refractivity contribution in [2.45, 2.75) is 39.2 Å². The molecule has 0 atom stereocenters. The minimum absolute atomic E-state index is 0.395. The first-order valence-electron chi connectivity index (χ1n) is 5.11. The molecule has 1 saturated heterocycles. The highest BCUT2D eigenvalue weighted by molar-refractivity contribution is 4.68. The molecule has 0 unspecified atom stereocenters. The highest BCUT2D eigenvalue weighted by Gasteiger charge is 2.12. The van der Waals surface area contributed by atoms with Gasteiger partial charge in [-0.15, -0.1) is 0 Å². The van der Waals surface area contributed by atoms with Crippen molar-refractivity contribution in [1.82, 2.24) is 5.32 Å². The van der Waals surface area contributed by atoms with E-state index in [0.29, 0.717) is 6.10 Å². The first-order chi connectivity index (χ1) is 5.79. The molecule has 1 heterocycles. The van der Waals surface area contributed by atoms with Crippen LogP contribution in [0.2, 0.25) is 0 Å². The van der Waals surface area contributed by atoms with Gasteiger partial charge in [0.2, 0.25) is 0 Å². The predicted octanol–water partition coefficient (Wildman–Crippen LogP) is 1.80. The summed E-state index contributed by atoms with van der Waals surface area (Å²) in [5.41, 5.74) is 0. The van der Waals surface area contributed by atoms with E-state index in [1.165, 1.54) is 32.4 Å². The van der Waals surface area contributed by atoms with E-state index in [4.69, 9.17) is 4.74 Å². The Hall–Kier alpha value is -0.0800. The van der Waals surface area contributed by atoms with Crippen LogP contribution in [-0.4, -0.2) is 25.8 Å². The molecule has 0 spiro atoms. The van der Waals surface area contributed by atoms with Crippen LogP contribution in [-0.2, 0) is 4.74 Å². The maximum atomic E-state index is 5.52. The van der Waals surface area contributed by atoms with Gasteiger partial charge in [0.1, 0.15) is 0 Å². The summed E-state index contributed by atoms with van der Waals surface area (Å²) in [4.78, 5) is 0. The molecule has 2 heteroatoms. The van der Waals surface area contributed by atoms with Crippen molar-refractivity contribution in [3.8, 4) is 0 Å². The number of hydrogen-bond donors (Lipinski definition) is 1. The van der Waals surface area contributed by atoms with Gasteiger partial charge < -0.3 is 10.1 Å². The summed E-state index contributed by atoms with van der Waals surface area (Å²) >= 11 is 0. The van der Waals surface area contributed by atoms with Gasteiger partial charge in [0, 0.05) is 6.61 Å². The van der Waals surface area contributed by atoms with Crippen LogP contribution in [0.4, 0.5) is 0 Å². The maximum absolute atomic E-state index is 5.52. The normalized spacial score (nSPS) is 20.2. The van der Waals surface area contributed by atoms with Crippen molar-refractivity contribution in [3.63, 3.8) is 0 Å². The number of piperidine rings is 1. The highest BCUT2D eigenvalue weighted by Crippen LogP contribution is 2.15. The molecule has 0 aliphatic carbocycles. The van der Waals surface area contributed by atoms with Crippen molar-refractivity contribution in [3.05, 3.63) is 0 Å². The third-order valence-corrected chi connectivity index (χ3v) is 2.44. The second kappa shape index (κ2) is 5.55. The highest BCUT2D eigenvalue weighted by atomic mass is 16.5. The molecule has 0 bridgehead atoms. The van der Waals surface area contributed by atoms with Gasteiger partial charge >= 0.3 is 0 Å². The van der Waals surface area contributed by atoms with Gasteiger partial charge in [0.15, 0.2) is 0 Å². The zero-order valence-electron chi connectivity index (χ0n) is 8.31. The third-order valence-electron chi connectivity index (χ3n) is 2.44. The average Bonchev–Trinajstić information content (AvgIpc) is 2.05. The molecule has 12 heavy (non-hydrogen) atoms. The van der Waals surface area contributed by atoms with Crippen LogP contribution in [0, 0.1) is 5.92 Å². The van der Waals surface area contributed by atoms with Gasteiger partial charge in [0.25, 0.3) is 0 Å². The SMILES string of the molecule is CC(C)OCCC1CCNCC1. The lowest BCUT2D eigenvalue weighted by molar-refractivity contribution is 0.0655. The molecule has 0 aromatic heterocycles. The fraction of sp³-hybridized carbons (Fsp3) is 1.00. The van der Waals surface area contributed by atoms with Crippen LogP contribution in [0.15, 0.2) is 0 Å². The number of rotatable bonds is 4. The standard InChI is InChI=1S/C10H21NO/c1-9(2)12-8-5-10-3-6-11-7-4-10/h9-11H,3-8H2,1-2H3. The van der Waals surface area contributed by atoms with Crippen LogP contribution in [0.25, 0.3) is 0 Å². The molecule has 1 fully saturated rings. The molecule has 0 aromatic carbocycles. The molecular weight excluding hydrogens is 150 g/mol. The lowest BCUT2D eigenvalue weighted by Gasteiger charge is -2.22. The summed E-state index contributed by atoms with van der Waals surface area (Å²) in [7, 11) is 0. The zero-order valence-corrected chi connectivity index (χ0v) is 8.31. The van der Waals surface area contributed by atoms with Crippen molar-refractivity contribution < 1.29 is 4.74 Å². The summed E-state index contributed by atoms with van der Waals surface area (Å²) in [5, 5.41) is 3.37. The Morgan fingerprint density at radius 3 is 2.58 bits per heavy atom. The Morgan fingerprint density at radius 1 is 1.33 bits per heavy atom. The maximum Gasteiger partial charge on any atom is 0.0518 e. The second-order valence-corrected chi connectivity index (χ2v) is 3.90. The first kappa shape index (κ1) is 10.0. The number of hydrogen-bond acceptors (Lipinski definition) is 2. The van der Waals surface area contributed by atoms with Crippen molar-refractivity contribution in [1.29, 1.82) is 0 Å². The largest absolute Gasteiger partial charge is 0.379 e. The molecule has 0 aromatic rings. The average molecular weight is 171 g/mol. The van der Waals surface area contributed by atoms with Crippen LogP contribution in [0.3, 0.4) is 0 Å². The van der Waals surface area contributed by atoms with Gasteiger partial charge in [-0.3, -0.25) is 0 Å². The Morgan fingerprint density at radius 2 is 2.00 bits per heavy atom. The number of nitrogens with one attached hydrogen (secondary N) is 1. The molecule has 1 aliphatic heterocycles. The van der Waals surface area contributed by atoms with E-state index in [0.717, 1.165) is 12.5 Å². The van der Waals surface area contributed by atoms with Gasteiger partial charge in [0.05, 0.1) is 6.10 Å². The van der Waals surface area contributed by atoms with E-state index in [1.807, 2.05) is 0 Å². The molecule has 1 N–H and O–H groups in total. The monoisotopic (exact) mass is 171 g/mol. The summed E-state index contributed by atoms with van der Waals surface area (Å²) < 4.78 is 5.52. The zero-order chi connectivity index (χ0) is 8.81. The van der Waals surface area contributed by atoms with Crippen LogP contribution < -0.4 is 5.32 Å². The molecule has 0 radical (unpaired) electrons. The summed E-state index contributed by atoms with van der Waals surface area (Å²) in [6.45, 7) is 7.55. The molecule has 1 rings (SSSR count). The van der Waals surface area contributed by atoms with E-state index >= 15 is 0 Å². The lowest BCUT2D eigenvalue weighted by Crippen LogP contribution is -2.28. The molecular formula is C10H21NO. The van der Waals surface area contributed by atoms with Crippen LogP contribution in [0.5, 0.6) is 0 Å². The summed E-state index contributed by atoms with van der Waals surface area (Å²) in [6, 6.07) is 0. The van der Waals surface area contributed by atoms with E-state index in [2.05, 4.69) is 19.2 Å². The van der Waals surface area contributed by atoms with Gasteiger partial charge in [-0.2, -0.15) is 0 Å². The Kier molecular flexibility index (Phi) is 4.62. The fourth-order valence-corrected chi connectivity index (χ4v) is 1.64. The van der Waals surface area contributed by atoms with Gasteiger partial charge in [-0.1, -0.05) is 0 Å². The Labute approximate surface area is 75.7 Å². The summed E-state index contributed by atoms with van der Waals surface area (Å²) in [6.07, 6.45) is 4.31. The van der Waals surface area contributed by atoms with E-state index in [9.17, 15) is 0 Å². The molecule has 1 aliphatic rings. The Bertz CT molecular complexity index is 108. The van der Waals surface area contributed by atoms with Crippen molar-refractivity contribution in [2.75, 3.05) is 19.7 Å². The van der Waals surface area contributed by atoms with Crippen LogP contribution in [0.1, 0.15) is 33.1 Å². The molecule has 0 saturated carbocycles. The quantitative estimate of drug-likeness (QED) is 0.696. The van der Waals surface area contributed by atoms with Gasteiger partial charge in [-0.25, -0.2) is 0 Å². The van der Waals surface area contributed by atoms with Crippen LogP contribution >= 0.6 is 0 Å². The van der Waals surface area contributed by atoms with E-state index < -0.39 is 0 Å². The lowest BCUT2D eigenvalue weighted by atomic mass is 9.95. The molecule has 2 nitrogen and oxygen atoms in total. The molecule has 72 valence electrons. The topological polar surface area (TPSA) is 21.3 Å². The van der Waals surface area contributed by atoms with E-state index in [1.54, 1.807) is 0 Å². The van der Waals surface area contributed by atoms with E-state index in [-0.39, 0.29) is 0 Å². The van der Waals surface area contributed by atoms with Crippen molar-refractivity contribution >= 4 is 0 Å². The summed E-state index contributed by atoms with van der Waals surface area (Å²) in [5.74, 6) is 0.907. The first-order valence-corrected chi connectivity index (χ1v) is 5.11. The predicted molar refractivity (Wildman–Crippen MR) is 51.3 cm³/mol. The van der Waals surface area contributed by atoms with Crippen molar-refractivity contribution in [2.24, 2.45) is 5.92 Å².